The molecule has 1 radical (unpaired) electrons. The highest BCUT2D eigenvalue weighted by molar-refractivity contribution is 7.89. The molecular weight excluding hydrogens is 142 g/mol. The van der Waals surface area contributed by atoms with Crippen LogP contribution in [0.25, 0.3) is 0 Å². The Morgan fingerprint density at radius 3 is 2.44 bits per heavy atom. The van der Waals surface area contributed by atoms with E-state index in [2.05, 4.69) is 11.6 Å². The average molecular weight is 152 g/mol. The zero-order valence-electron chi connectivity index (χ0n) is 5.00. The van der Waals surface area contributed by atoms with Crippen molar-refractivity contribution in [2.45, 2.75) is 0 Å². The van der Waals surface area contributed by atoms with E-state index >= 15 is 0 Å². The van der Waals surface area contributed by atoms with E-state index in [1.807, 2.05) is 0 Å². The fourth-order valence-electron chi connectivity index (χ4n) is 0.348. The van der Waals surface area contributed by atoms with Gasteiger partial charge in [0.15, 0.2) is 0 Å². The van der Waals surface area contributed by atoms with Gasteiger partial charge in [-0.2, -0.15) is 0 Å². The topological polar surface area (TPSA) is 66.4 Å². The van der Waals surface area contributed by atoms with Gasteiger partial charge < -0.3 is 5.11 Å². The van der Waals surface area contributed by atoms with Crippen LogP contribution < -0.4 is 4.72 Å². The average Bonchev–Trinajstić information content (AvgIpc) is 1.64. The molecule has 0 saturated heterocycles. The quantitative estimate of drug-likeness (QED) is 0.528. The third-order valence-corrected chi connectivity index (χ3v) is 2.05. The summed E-state index contributed by atoms with van der Waals surface area (Å²) in [5.41, 5.74) is 0. The predicted molar refractivity (Wildman–Crippen MR) is 34.2 cm³/mol. The first kappa shape index (κ1) is 8.87. The van der Waals surface area contributed by atoms with Crippen molar-refractivity contribution in [3.8, 4) is 0 Å². The van der Waals surface area contributed by atoms with E-state index in [-0.39, 0.29) is 18.9 Å². The summed E-state index contributed by atoms with van der Waals surface area (Å²) < 4.78 is 23.2. The SMILES string of the molecule is [CH2]CNS(=O)(=O)CCO. The molecule has 0 aromatic carbocycles. The number of hydrogen-bond donors (Lipinski definition) is 2. The van der Waals surface area contributed by atoms with Crippen LogP contribution in [0.3, 0.4) is 0 Å². The molecule has 0 bridgehead atoms. The Morgan fingerprint density at radius 1 is 1.56 bits per heavy atom. The van der Waals surface area contributed by atoms with Crippen LogP contribution in [0, 0.1) is 6.92 Å². The minimum Gasteiger partial charge on any atom is -0.395 e. The highest BCUT2D eigenvalue weighted by Crippen LogP contribution is 1.79. The molecule has 4 nitrogen and oxygen atoms in total. The van der Waals surface area contributed by atoms with Gasteiger partial charge in [0.05, 0.1) is 12.4 Å². The van der Waals surface area contributed by atoms with Crippen LogP contribution >= 0.6 is 0 Å². The van der Waals surface area contributed by atoms with Crippen LogP contribution in [0.4, 0.5) is 0 Å². The van der Waals surface area contributed by atoms with Crippen molar-refractivity contribution in [2.75, 3.05) is 18.9 Å². The number of rotatable bonds is 4. The maximum atomic E-state index is 10.5. The van der Waals surface area contributed by atoms with E-state index in [9.17, 15) is 8.42 Å². The van der Waals surface area contributed by atoms with Crippen LogP contribution in [-0.2, 0) is 10.0 Å². The van der Waals surface area contributed by atoms with Gasteiger partial charge in [-0.1, -0.05) is 0 Å². The van der Waals surface area contributed by atoms with Crippen molar-refractivity contribution >= 4 is 10.0 Å². The summed E-state index contributed by atoms with van der Waals surface area (Å²) in [6.45, 7) is 3.06. The molecule has 0 fully saturated rings. The number of hydrogen-bond acceptors (Lipinski definition) is 3. The van der Waals surface area contributed by atoms with Gasteiger partial charge in [0.1, 0.15) is 0 Å². The number of aliphatic hydroxyl groups excluding tert-OH is 1. The van der Waals surface area contributed by atoms with Crippen molar-refractivity contribution in [1.82, 2.24) is 4.72 Å². The molecule has 9 heavy (non-hydrogen) atoms. The Bertz CT molecular complexity index is 139. The second-order valence-corrected chi connectivity index (χ2v) is 3.36. The molecule has 0 aliphatic carbocycles. The molecule has 0 aromatic heterocycles. The molecule has 55 valence electrons. The molecular formula is C4H10NO3S. The monoisotopic (exact) mass is 152 g/mol. The molecule has 0 amide bonds. The summed E-state index contributed by atoms with van der Waals surface area (Å²) >= 11 is 0. The van der Waals surface area contributed by atoms with E-state index in [0.717, 1.165) is 0 Å². The van der Waals surface area contributed by atoms with Gasteiger partial charge in [-0.3, -0.25) is 0 Å². The van der Waals surface area contributed by atoms with Gasteiger partial charge in [-0.25, -0.2) is 13.1 Å². The van der Waals surface area contributed by atoms with Crippen molar-refractivity contribution in [2.24, 2.45) is 0 Å². The molecule has 0 spiro atoms. The molecule has 0 aliphatic rings. The lowest BCUT2D eigenvalue weighted by atomic mass is 10.8. The summed E-state index contributed by atoms with van der Waals surface area (Å²) in [5.74, 6) is -0.248. The third kappa shape index (κ3) is 4.38. The van der Waals surface area contributed by atoms with Gasteiger partial charge in [0.2, 0.25) is 10.0 Å². The Labute approximate surface area is 54.9 Å². The zero-order valence-corrected chi connectivity index (χ0v) is 5.82. The molecule has 5 heteroatoms. The number of sulfonamides is 1. The van der Waals surface area contributed by atoms with E-state index in [1.54, 1.807) is 0 Å². The van der Waals surface area contributed by atoms with Gasteiger partial charge in [0, 0.05) is 6.54 Å². The largest absolute Gasteiger partial charge is 0.395 e. The Kier molecular flexibility index (Phi) is 3.76. The fraction of sp³-hybridized carbons (Fsp3) is 0.750. The smallest absolute Gasteiger partial charge is 0.213 e. The van der Waals surface area contributed by atoms with Gasteiger partial charge >= 0.3 is 0 Å². The summed E-state index contributed by atoms with van der Waals surface area (Å²) in [6, 6.07) is 0. The van der Waals surface area contributed by atoms with Crippen molar-refractivity contribution in [3.63, 3.8) is 0 Å². The van der Waals surface area contributed by atoms with Crippen molar-refractivity contribution in [3.05, 3.63) is 6.92 Å². The molecule has 2 N–H and O–H groups in total. The molecule has 0 unspecified atom stereocenters. The zero-order chi connectivity index (χ0) is 7.33. The third-order valence-electron chi connectivity index (χ3n) is 0.682. The molecule has 0 aliphatic heterocycles. The lowest BCUT2D eigenvalue weighted by molar-refractivity contribution is 0.319. The summed E-state index contributed by atoms with van der Waals surface area (Å²) in [4.78, 5) is 0. The van der Waals surface area contributed by atoms with E-state index in [1.165, 1.54) is 0 Å². The van der Waals surface area contributed by atoms with Crippen molar-refractivity contribution in [1.29, 1.82) is 0 Å². The minimum absolute atomic E-state index is 0.127. The number of nitrogens with one attached hydrogen (secondary N) is 1. The predicted octanol–water partition coefficient (Wildman–Crippen LogP) is -1.27. The highest BCUT2D eigenvalue weighted by atomic mass is 32.2. The van der Waals surface area contributed by atoms with E-state index in [4.69, 9.17) is 5.11 Å². The van der Waals surface area contributed by atoms with E-state index in [0.29, 0.717) is 0 Å². The molecule has 0 rings (SSSR count). The first-order chi connectivity index (χ1) is 4.12. The first-order valence-electron chi connectivity index (χ1n) is 2.50. The first-order valence-corrected chi connectivity index (χ1v) is 4.15. The van der Waals surface area contributed by atoms with Crippen LogP contribution in [0.2, 0.25) is 0 Å². The number of aliphatic hydroxyl groups is 1. The second-order valence-electron chi connectivity index (χ2n) is 1.44. The van der Waals surface area contributed by atoms with Gasteiger partial charge in [0.25, 0.3) is 0 Å². The maximum Gasteiger partial charge on any atom is 0.213 e. The maximum absolute atomic E-state index is 10.5. The minimum atomic E-state index is -3.24. The lowest BCUT2D eigenvalue weighted by Crippen LogP contribution is -2.27. The standard InChI is InChI=1S/C4H10NO3S/c1-2-5-9(7,8)4-3-6/h5-6H,1-4H2. The normalized spacial score (nSPS) is 11.8. The molecule has 0 aromatic rings. The highest BCUT2D eigenvalue weighted by Gasteiger charge is 2.04. The Morgan fingerprint density at radius 2 is 2.11 bits per heavy atom. The molecule has 0 atom stereocenters. The lowest BCUT2D eigenvalue weighted by Gasteiger charge is -1.99. The summed E-state index contributed by atoms with van der Waals surface area (Å²) in [6.07, 6.45) is 0. The second kappa shape index (κ2) is 3.81. The fourth-order valence-corrected chi connectivity index (χ4v) is 1.04. The van der Waals surface area contributed by atoms with E-state index < -0.39 is 10.0 Å². The van der Waals surface area contributed by atoms with Crippen LogP contribution in [0.5, 0.6) is 0 Å². The Hall–Kier alpha value is -0.130. The van der Waals surface area contributed by atoms with Gasteiger partial charge in [-0.15, -0.1) is 0 Å². The van der Waals surface area contributed by atoms with Crippen LogP contribution in [0.15, 0.2) is 0 Å². The molecule has 0 heterocycles. The van der Waals surface area contributed by atoms with Crippen LogP contribution in [-0.4, -0.2) is 32.4 Å². The Balaban J connectivity index is 3.73. The van der Waals surface area contributed by atoms with Crippen molar-refractivity contribution < 1.29 is 13.5 Å². The van der Waals surface area contributed by atoms with Gasteiger partial charge in [-0.05, 0) is 6.92 Å². The molecule has 0 saturated carbocycles. The van der Waals surface area contributed by atoms with Crippen LogP contribution in [0.1, 0.15) is 0 Å². The summed E-state index contributed by atoms with van der Waals surface area (Å²) in [7, 11) is -3.24. The summed E-state index contributed by atoms with van der Waals surface area (Å²) in [5, 5.41) is 8.19.